The van der Waals surface area contributed by atoms with Crippen LogP contribution in [-0.4, -0.2) is 71.9 Å². The first kappa shape index (κ1) is 17.2. The minimum absolute atomic E-state index is 0.0771. The molecule has 1 saturated heterocycles. The van der Waals surface area contributed by atoms with Crippen LogP contribution in [0.4, 0.5) is 0 Å². The van der Waals surface area contributed by atoms with E-state index in [1.54, 1.807) is 0 Å². The smallest absolute Gasteiger partial charge is 0.0628 e. The average molecular weight is 297 g/mol. The SMILES string of the molecule is CCN(CC)C1CCN(CC(CO)(NC(C)C)C2CC2)C1. The molecule has 4 heteroatoms. The van der Waals surface area contributed by atoms with E-state index < -0.39 is 0 Å². The lowest BCUT2D eigenvalue weighted by Crippen LogP contribution is -2.59. The topological polar surface area (TPSA) is 38.7 Å². The summed E-state index contributed by atoms with van der Waals surface area (Å²) in [5, 5.41) is 13.8. The number of nitrogens with one attached hydrogen (secondary N) is 1. The van der Waals surface area contributed by atoms with E-state index in [2.05, 4.69) is 42.8 Å². The van der Waals surface area contributed by atoms with Gasteiger partial charge in [-0.25, -0.2) is 0 Å². The average Bonchev–Trinajstić information content (AvgIpc) is 3.22. The fraction of sp³-hybridized carbons (Fsp3) is 1.00. The standard InChI is InChI=1S/C17H35N3O/c1-5-20(6-2)16-9-10-19(11-16)12-17(13-21,15-7-8-15)18-14(3)4/h14-16,18,21H,5-13H2,1-4H3. The zero-order chi connectivity index (χ0) is 15.5. The highest BCUT2D eigenvalue weighted by Gasteiger charge is 2.46. The summed E-state index contributed by atoms with van der Waals surface area (Å²) < 4.78 is 0. The van der Waals surface area contributed by atoms with Crippen molar-refractivity contribution in [2.24, 2.45) is 5.92 Å². The Morgan fingerprint density at radius 2 is 1.90 bits per heavy atom. The molecule has 2 aliphatic rings. The minimum Gasteiger partial charge on any atom is -0.394 e. The maximum atomic E-state index is 10.1. The summed E-state index contributed by atoms with van der Waals surface area (Å²) >= 11 is 0. The number of nitrogens with zero attached hydrogens (tertiary/aromatic N) is 2. The lowest BCUT2D eigenvalue weighted by molar-refractivity contribution is 0.0888. The zero-order valence-corrected chi connectivity index (χ0v) is 14.4. The van der Waals surface area contributed by atoms with Gasteiger partial charge in [-0.3, -0.25) is 9.80 Å². The molecular formula is C17H35N3O. The molecule has 0 aromatic heterocycles. The van der Waals surface area contributed by atoms with Gasteiger partial charge in [-0.2, -0.15) is 0 Å². The van der Waals surface area contributed by atoms with Crippen molar-refractivity contribution in [3.8, 4) is 0 Å². The second kappa shape index (κ2) is 7.40. The van der Waals surface area contributed by atoms with Gasteiger partial charge in [-0.05, 0) is 44.8 Å². The maximum absolute atomic E-state index is 10.1. The lowest BCUT2D eigenvalue weighted by atomic mass is 9.92. The van der Waals surface area contributed by atoms with Gasteiger partial charge in [0.1, 0.15) is 0 Å². The summed E-state index contributed by atoms with van der Waals surface area (Å²) in [7, 11) is 0. The number of rotatable bonds is 9. The summed E-state index contributed by atoms with van der Waals surface area (Å²) in [6, 6.07) is 1.13. The Morgan fingerprint density at radius 3 is 2.38 bits per heavy atom. The van der Waals surface area contributed by atoms with Gasteiger partial charge < -0.3 is 10.4 Å². The van der Waals surface area contributed by atoms with E-state index in [1.165, 1.54) is 25.8 Å². The van der Waals surface area contributed by atoms with E-state index >= 15 is 0 Å². The molecule has 0 spiro atoms. The molecule has 0 radical (unpaired) electrons. The third kappa shape index (κ3) is 4.19. The van der Waals surface area contributed by atoms with Gasteiger partial charge in [0.2, 0.25) is 0 Å². The van der Waals surface area contributed by atoms with Crippen molar-refractivity contribution in [3.63, 3.8) is 0 Å². The predicted molar refractivity (Wildman–Crippen MR) is 88.6 cm³/mol. The molecule has 0 aromatic rings. The van der Waals surface area contributed by atoms with Crippen molar-refractivity contribution in [2.75, 3.05) is 39.3 Å². The Kier molecular flexibility index (Phi) is 6.06. The summed E-state index contributed by atoms with van der Waals surface area (Å²) in [6.45, 7) is 14.8. The van der Waals surface area contributed by atoms with Gasteiger partial charge >= 0.3 is 0 Å². The molecule has 0 amide bonds. The first-order valence-electron chi connectivity index (χ1n) is 8.89. The molecule has 0 bridgehead atoms. The Labute approximate surface area is 130 Å². The highest BCUT2D eigenvalue weighted by molar-refractivity contribution is 5.04. The monoisotopic (exact) mass is 297 g/mol. The Bertz CT molecular complexity index is 315. The van der Waals surface area contributed by atoms with Gasteiger partial charge in [-0.1, -0.05) is 27.7 Å². The summed E-state index contributed by atoms with van der Waals surface area (Å²) in [6.07, 6.45) is 3.82. The Balaban J connectivity index is 1.95. The fourth-order valence-electron chi connectivity index (χ4n) is 4.12. The molecular weight excluding hydrogens is 262 g/mol. The van der Waals surface area contributed by atoms with E-state index in [0.29, 0.717) is 18.0 Å². The molecule has 1 saturated carbocycles. The molecule has 2 atom stereocenters. The van der Waals surface area contributed by atoms with E-state index in [1.807, 2.05) is 0 Å². The van der Waals surface area contributed by atoms with Gasteiger partial charge in [0.15, 0.2) is 0 Å². The largest absolute Gasteiger partial charge is 0.394 e. The zero-order valence-electron chi connectivity index (χ0n) is 14.4. The molecule has 2 rings (SSSR count). The van der Waals surface area contributed by atoms with Crippen LogP contribution in [0.5, 0.6) is 0 Å². The van der Waals surface area contributed by atoms with Crippen LogP contribution in [0, 0.1) is 5.92 Å². The molecule has 1 aliphatic carbocycles. The Hall–Kier alpha value is -0.160. The molecule has 2 fully saturated rings. The molecule has 1 aliphatic heterocycles. The van der Waals surface area contributed by atoms with Crippen molar-refractivity contribution >= 4 is 0 Å². The molecule has 1 heterocycles. The van der Waals surface area contributed by atoms with Crippen molar-refractivity contribution in [1.82, 2.24) is 15.1 Å². The number of aliphatic hydroxyl groups is 1. The molecule has 0 aromatic carbocycles. The van der Waals surface area contributed by atoms with Crippen molar-refractivity contribution in [3.05, 3.63) is 0 Å². The van der Waals surface area contributed by atoms with Crippen LogP contribution in [0.2, 0.25) is 0 Å². The van der Waals surface area contributed by atoms with Crippen LogP contribution >= 0.6 is 0 Å². The van der Waals surface area contributed by atoms with E-state index in [0.717, 1.165) is 26.2 Å². The van der Waals surface area contributed by atoms with Gasteiger partial charge in [-0.15, -0.1) is 0 Å². The molecule has 21 heavy (non-hydrogen) atoms. The second-order valence-electron chi connectivity index (χ2n) is 7.29. The molecule has 124 valence electrons. The van der Waals surface area contributed by atoms with Crippen molar-refractivity contribution < 1.29 is 5.11 Å². The van der Waals surface area contributed by atoms with Crippen LogP contribution in [0.1, 0.15) is 47.0 Å². The van der Waals surface area contributed by atoms with Gasteiger partial charge in [0.25, 0.3) is 0 Å². The van der Waals surface area contributed by atoms with Crippen LogP contribution in [0.3, 0.4) is 0 Å². The summed E-state index contributed by atoms with van der Waals surface area (Å²) in [5.41, 5.74) is -0.0771. The van der Waals surface area contributed by atoms with E-state index in [9.17, 15) is 5.11 Å². The predicted octanol–water partition coefficient (Wildman–Crippen LogP) is 1.54. The van der Waals surface area contributed by atoms with Crippen molar-refractivity contribution in [1.29, 1.82) is 0 Å². The quantitative estimate of drug-likeness (QED) is 0.677. The van der Waals surface area contributed by atoms with E-state index in [4.69, 9.17) is 0 Å². The minimum atomic E-state index is -0.0771. The number of likely N-dealkylation sites (tertiary alicyclic amines) is 1. The summed E-state index contributed by atoms with van der Waals surface area (Å²) in [5.74, 6) is 0.664. The second-order valence-corrected chi connectivity index (χ2v) is 7.29. The molecule has 4 nitrogen and oxygen atoms in total. The van der Waals surface area contributed by atoms with Gasteiger partial charge in [0.05, 0.1) is 12.1 Å². The third-order valence-electron chi connectivity index (χ3n) is 5.30. The third-order valence-corrected chi connectivity index (χ3v) is 5.30. The van der Waals surface area contributed by atoms with Crippen LogP contribution in [0.15, 0.2) is 0 Å². The normalized spacial score (nSPS) is 26.7. The highest BCUT2D eigenvalue weighted by Crippen LogP contribution is 2.40. The fourth-order valence-corrected chi connectivity index (χ4v) is 4.12. The van der Waals surface area contributed by atoms with Gasteiger partial charge in [0, 0.05) is 25.2 Å². The number of hydrogen-bond acceptors (Lipinski definition) is 4. The lowest BCUT2D eigenvalue weighted by Gasteiger charge is -2.39. The van der Waals surface area contributed by atoms with Crippen LogP contribution in [0.25, 0.3) is 0 Å². The maximum Gasteiger partial charge on any atom is 0.0628 e. The molecule has 2 unspecified atom stereocenters. The van der Waals surface area contributed by atoms with Crippen molar-refractivity contribution in [2.45, 2.75) is 64.6 Å². The first-order valence-corrected chi connectivity index (χ1v) is 8.89. The highest BCUT2D eigenvalue weighted by atomic mass is 16.3. The first-order chi connectivity index (χ1) is 10.0. The number of likely N-dealkylation sites (N-methyl/N-ethyl adjacent to an activating group) is 1. The Morgan fingerprint density at radius 1 is 1.24 bits per heavy atom. The van der Waals surface area contributed by atoms with Crippen LogP contribution in [-0.2, 0) is 0 Å². The number of aliphatic hydroxyl groups excluding tert-OH is 1. The number of hydrogen-bond donors (Lipinski definition) is 2. The summed E-state index contributed by atoms with van der Waals surface area (Å²) in [4.78, 5) is 5.15. The molecule has 2 N–H and O–H groups in total. The van der Waals surface area contributed by atoms with E-state index in [-0.39, 0.29) is 12.1 Å². The van der Waals surface area contributed by atoms with Crippen LogP contribution < -0.4 is 5.32 Å².